The predicted octanol–water partition coefficient (Wildman–Crippen LogP) is 0.815. The first-order chi connectivity index (χ1) is 9.62. The Bertz CT molecular complexity index is 470. The van der Waals surface area contributed by atoms with Crippen molar-refractivity contribution in [2.75, 3.05) is 19.8 Å². The lowest BCUT2D eigenvalue weighted by molar-refractivity contribution is -0.143. The van der Waals surface area contributed by atoms with Crippen LogP contribution in [-0.4, -0.2) is 42.3 Å². The summed E-state index contributed by atoms with van der Waals surface area (Å²) in [4.78, 5) is 22.4. The molecule has 0 heterocycles. The van der Waals surface area contributed by atoms with Crippen LogP contribution in [0.15, 0.2) is 30.3 Å². The van der Waals surface area contributed by atoms with E-state index < -0.39 is 17.4 Å². The van der Waals surface area contributed by atoms with Gasteiger partial charge in [0.05, 0.1) is 6.61 Å². The van der Waals surface area contributed by atoms with Crippen LogP contribution in [0.25, 0.3) is 0 Å². The number of carboxylic acid groups (broad SMARTS) is 1. The number of amides is 1. The molecule has 0 saturated heterocycles. The van der Waals surface area contributed by atoms with Gasteiger partial charge in [0, 0.05) is 0 Å². The maximum Gasteiger partial charge on any atom is 0.329 e. The maximum absolute atomic E-state index is 11.5. The molecule has 0 aliphatic heterocycles. The van der Waals surface area contributed by atoms with Crippen molar-refractivity contribution < 1.29 is 24.2 Å². The molecule has 6 nitrogen and oxygen atoms in total. The van der Waals surface area contributed by atoms with Crippen LogP contribution in [0.2, 0.25) is 0 Å². The van der Waals surface area contributed by atoms with Crippen LogP contribution in [0.3, 0.4) is 0 Å². The number of hydrogen-bond donors (Lipinski definition) is 2. The first-order valence-electron chi connectivity index (χ1n) is 6.42. The normalized spacial score (nSPS) is 15.4. The van der Waals surface area contributed by atoms with Crippen LogP contribution in [0.5, 0.6) is 5.75 Å². The third-order valence-corrected chi connectivity index (χ3v) is 3.01. The Labute approximate surface area is 116 Å². The first-order valence-corrected chi connectivity index (χ1v) is 6.42. The Morgan fingerprint density at radius 3 is 2.50 bits per heavy atom. The molecule has 2 rings (SSSR count). The van der Waals surface area contributed by atoms with E-state index in [0.29, 0.717) is 19.4 Å². The fourth-order valence-electron chi connectivity index (χ4n) is 1.72. The van der Waals surface area contributed by atoms with E-state index in [2.05, 4.69) is 5.32 Å². The summed E-state index contributed by atoms with van der Waals surface area (Å²) < 4.78 is 10.5. The minimum Gasteiger partial charge on any atom is -0.491 e. The molecule has 0 atom stereocenters. The van der Waals surface area contributed by atoms with Gasteiger partial charge < -0.3 is 19.9 Å². The molecule has 108 valence electrons. The van der Waals surface area contributed by atoms with Gasteiger partial charge in [0.25, 0.3) is 0 Å². The molecule has 6 heteroatoms. The number of para-hydroxylation sites is 1. The molecule has 1 fully saturated rings. The number of carbonyl (C=O) groups excluding carboxylic acids is 1. The number of carbonyl (C=O) groups is 2. The van der Waals surface area contributed by atoms with Gasteiger partial charge in [-0.1, -0.05) is 18.2 Å². The summed E-state index contributed by atoms with van der Waals surface area (Å²) in [5.41, 5.74) is -1.05. The van der Waals surface area contributed by atoms with Crippen molar-refractivity contribution in [2.45, 2.75) is 18.4 Å². The molecule has 0 aromatic heterocycles. The molecule has 20 heavy (non-hydrogen) atoms. The highest BCUT2D eigenvalue weighted by Crippen LogP contribution is 2.35. The van der Waals surface area contributed by atoms with E-state index in [-0.39, 0.29) is 13.2 Å². The average Bonchev–Trinajstić information content (AvgIpc) is 3.20. The quantitative estimate of drug-likeness (QED) is 0.688. The van der Waals surface area contributed by atoms with E-state index in [1.807, 2.05) is 30.3 Å². The maximum atomic E-state index is 11.5. The lowest BCUT2D eigenvalue weighted by Gasteiger charge is -2.12. The highest BCUT2D eigenvalue weighted by Gasteiger charge is 2.51. The number of carboxylic acids is 1. The number of nitrogens with one attached hydrogen (secondary N) is 1. The number of rotatable bonds is 8. The third-order valence-electron chi connectivity index (χ3n) is 3.01. The van der Waals surface area contributed by atoms with Crippen molar-refractivity contribution >= 4 is 11.9 Å². The fraction of sp³-hybridized carbons (Fsp3) is 0.429. The third kappa shape index (κ3) is 3.96. The minimum atomic E-state index is -1.05. The summed E-state index contributed by atoms with van der Waals surface area (Å²) in [6.07, 6.45) is 0.955. The molecule has 0 unspecified atom stereocenters. The standard InChI is InChI=1S/C14H17NO5/c16-12(15-14(6-7-14)13(17)18)10-19-8-9-20-11-4-2-1-3-5-11/h1-5H,6-10H2,(H,15,16)(H,17,18). The average molecular weight is 279 g/mol. The SMILES string of the molecule is O=C(COCCOc1ccccc1)NC1(C(=O)O)CC1. The predicted molar refractivity (Wildman–Crippen MR) is 70.5 cm³/mol. The van der Waals surface area contributed by atoms with Crippen molar-refractivity contribution in [3.63, 3.8) is 0 Å². The molecular weight excluding hydrogens is 262 g/mol. The Morgan fingerprint density at radius 1 is 1.20 bits per heavy atom. The molecule has 0 radical (unpaired) electrons. The second-order valence-corrected chi connectivity index (χ2v) is 4.65. The summed E-state index contributed by atoms with van der Waals surface area (Å²) in [7, 11) is 0. The Balaban J connectivity index is 1.57. The zero-order valence-electron chi connectivity index (χ0n) is 11.0. The van der Waals surface area contributed by atoms with E-state index in [9.17, 15) is 9.59 Å². The minimum absolute atomic E-state index is 0.160. The number of ether oxygens (including phenoxy) is 2. The van der Waals surface area contributed by atoms with E-state index in [1.165, 1.54) is 0 Å². The van der Waals surface area contributed by atoms with E-state index in [1.54, 1.807) is 0 Å². The van der Waals surface area contributed by atoms with Gasteiger partial charge in [-0.3, -0.25) is 4.79 Å². The Morgan fingerprint density at radius 2 is 1.90 bits per heavy atom. The van der Waals surface area contributed by atoms with Crippen molar-refractivity contribution in [1.29, 1.82) is 0 Å². The lowest BCUT2D eigenvalue weighted by atomic mass is 10.3. The zero-order valence-corrected chi connectivity index (χ0v) is 11.0. The van der Waals surface area contributed by atoms with Gasteiger partial charge in [-0.05, 0) is 25.0 Å². The number of aliphatic carboxylic acids is 1. The van der Waals surface area contributed by atoms with Crippen molar-refractivity contribution in [3.05, 3.63) is 30.3 Å². The lowest BCUT2D eigenvalue weighted by Crippen LogP contribution is -2.44. The van der Waals surface area contributed by atoms with Gasteiger partial charge in [-0.25, -0.2) is 4.79 Å². The van der Waals surface area contributed by atoms with Gasteiger partial charge in [0.1, 0.15) is 24.5 Å². The van der Waals surface area contributed by atoms with Crippen LogP contribution < -0.4 is 10.1 Å². The summed E-state index contributed by atoms with van der Waals surface area (Å²) in [6, 6.07) is 9.28. The van der Waals surface area contributed by atoms with Crippen LogP contribution >= 0.6 is 0 Å². The fourth-order valence-corrected chi connectivity index (χ4v) is 1.72. The molecule has 1 aromatic rings. The van der Waals surface area contributed by atoms with Crippen LogP contribution in [-0.2, 0) is 14.3 Å². The molecule has 0 bridgehead atoms. The first kappa shape index (κ1) is 14.3. The Kier molecular flexibility index (Phi) is 4.57. The largest absolute Gasteiger partial charge is 0.491 e. The van der Waals surface area contributed by atoms with Gasteiger partial charge >= 0.3 is 5.97 Å². The van der Waals surface area contributed by atoms with Crippen LogP contribution in [0.1, 0.15) is 12.8 Å². The Hall–Kier alpha value is -2.08. The summed E-state index contributed by atoms with van der Waals surface area (Å²) in [6.45, 7) is 0.441. The van der Waals surface area contributed by atoms with Crippen molar-refractivity contribution in [1.82, 2.24) is 5.32 Å². The molecular formula is C14H17NO5. The van der Waals surface area contributed by atoms with Crippen molar-refractivity contribution in [3.8, 4) is 5.75 Å². The summed E-state index contributed by atoms with van der Waals surface area (Å²) in [5, 5.41) is 11.4. The summed E-state index contributed by atoms with van der Waals surface area (Å²) >= 11 is 0. The second-order valence-electron chi connectivity index (χ2n) is 4.65. The summed E-state index contributed by atoms with van der Waals surface area (Å²) in [5.74, 6) is -0.661. The highest BCUT2D eigenvalue weighted by atomic mass is 16.5. The van der Waals surface area contributed by atoms with Crippen molar-refractivity contribution in [2.24, 2.45) is 0 Å². The second kappa shape index (κ2) is 6.38. The monoisotopic (exact) mass is 279 g/mol. The van der Waals surface area contributed by atoms with Gasteiger partial charge in [0.15, 0.2) is 0 Å². The molecule has 1 saturated carbocycles. The van der Waals surface area contributed by atoms with Gasteiger partial charge in [0.2, 0.25) is 5.91 Å². The van der Waals surface area contributed by atoms with Gasteiger partial charge in [-0.15, -0.1) is 0 Å². The highest BCUT2D eigenvalue weighted by molar-refractivity contribution is 5.89. The van der Waals surface area contributed by atoms with E-state index >= 15 is 0 Å². The molecule has 1 aliphatic rings. The smallest absolute Gasteiger partial charge is 0.329 e. The molecule has 0 spiro atoms. The number of benzene rings is 1. The van der Waals surface area contributed by atoms with Crippen LogP contribution in [0, 0.1) is 0 Å². The topological polar surface area (TPSA) is 84.9 Å². The molecule has 1 amide bonds. The zero-order chi connectivity index (χ0) is 14.4. The molecule has 2 N–H and O–H groups in total. The molecule has 1 aliphatic carbocycles. The number of hydrogen-bond acceptors (Lipinski definition) is 4. The van der Waals surface area contributed by atoms with Crippen LogP contribution in [0.4, 0.5) is 0 Å². The van der Waals surface area contributed by atoms with Gasteiger partial charge in [-0.2, -0.15) is 0 Å². The van der Waals surface area contributed by atoms with E-state index in [4.69, 9.17) is 14.6 Å². The molecule has 1 aromatic carbocycles. The van der Waals surface area contributed by atoms with E-state index in [0.717, 1.165) is 5.75 Å².